The highest BCUT2D eigenvalue weighted by molar-refractivity contribution is 5.97. The van der Waals surface area contributed by atoms with Crippen molar-refractivity contribution in [3.63, 3.8) is 0 Å². The molecule has 0 aliphatic rings. The zero-order valence-electron chi connectivity index (χ0n) is 16.2. The summed E-state index contributed by atoms with van der Waals surface area (Å²) in [6, 6.07) is 11.7. The Balaban J connectivity index is 1.98. The number of hydrogen-bond donors (Lipinski definition) is 2. The Morgan fingerprint density at radius 2 is 1.68 bits per heavy atom. The molecule has 0 spiro atoms. The molecule has 0 fully saturated rings. The Hall–Kier alpha value is -3.55. The zero-order valence-corrected chi connectivity index (χ0v) is 16.2. The predicted molar refractivity (Wildman–Crippen MR) is 107 cm³/mol. The summed E-state index contributed by atoms with van der Waals surface area (Å²) in [6.45, 7) is 0.925. The second-order valence-corrected chi connectivity index (χ2v) is 6.16. The summed E-state index contributed by atoms with van der Waals surface area (Å²) in [5.74, 6) is -0.958. The van der Waals surface area contributed by atoms with Crippen LogP contribution >= 0.6 is 0 Å². The lowest BCUT2D eigenvalue weighted by Gasteiger charge is -2.13. The van der Waals surface area contributed by atoms with E-state index in [1.54, 1.807) is 42.5 Å². The molecule has 0 bridgehead atoms. The van der Waals surface area contributed by atoms with E-state index < -0.39 is 18.5 Å². The van der Waals surface area contributed by atoms with Crippen molar-refractivity contribution >= 4 is 34.8 Å². The monoisotopic (exact) mass is 385 g/mol. The molecule has 0 radical (unpaired) electrons. The van der Waals surface area contributed by atoms with E-state index in [0.29, 0.717) is 22.7 Å². The molecule has 8 heteroatoms. The number of nitrogens with zero attached hydrogens (tertiary/aromatic N) is 1. The quantitative estimate of drug-likeness (QED) is 0.711. The van der Waals surface area contributed by atoms with Gasteiger partial charge in [0.05, 0.1) is 18.4 Å². The molecule has 0 atom stereocenters. The third-order valence-electron chi connectivity index (χ3n) is 3.75. The number of benzene rings is 2. The van der Waals surface area contributed by atoms with E-state index in [0.717, 1.165) is 5.69 Å². The molecule has 2 rings (SSSR count). The van der Waals surface area contributed by atoms with Crippen molar-refractivity contribution in [1.29, 1.82) is 0 Å². The van der Waals surface area contributed by atoms with Crippen LogP contribution in [0.15, 0.2) is 42.5 Å². The summed E-state index contributed by atoms with van der Waals surface area (Å²) in [7, 11) is 5.25. The summed E-state index contributed by atoms with van der Waals surface area (Å²) in [6.07, 6.45) is 0. The van der Waals surface area contributed by atoms with Gasteiger partial charge >= 0.3 is 5.97 Å². The van der Waals surface area contributed by atoms with Gasteiger partial charge in [-0.15, -0.1) is 0 Å². The van der Waals surface area contributed by atoms with Gasteiger partial charge in [0, 0.05) is 32.4 Å². The first-order chi connectivity index (χ1) is 13.3. The van der Waals surface area contributed by atoms with Gasteiger partial charge in [-0.05, 0) is 42.5 Å². The number of hydrogen-bond acceptors (Lipinski definition) is 6. The lowest BCUT2D eigenvalue weighted by atomic mass is 10.2. The van der Waals surface area contributed by atoms with Crippen LogP contribution in [0.4, 0.5) is 17.1 Å². The Morgan fingerprint density at radius 3 is 2.25 bits per heavy atom. The van der Waals surface area contributed by atoms with Crippen LogP contribution in [0, 0.1) is 0 Å². The number of carbonyl (C=O) groups excluding carboxylic acids is 3. The normalized spacial score (nSPS) is 10.0. The average molecular weight is 385 g/mol. The summed E-state index contributed by atoms with van der Waals surface area (Å²) in [4.78, 5) is 37.3. The third-order valence-corrected chi connectivity index (χ3v) is 3.75. The van der Waals surface area contributed by atoms with E-state index in [4.69, 9.17) is 9.47 Å². The smallest absolute Gasteiger partial charge is 0.338 e. The second-order valence-electron chi connectivity index (χ2n) is 6.16. The molecule has 2 amide bonds. The summed E-state index contributed by atoms with van der Waals surface area (Å²) in [5.41, 5.74) is 2.15. The van der Waals surface area contributed by atoms with E-state index >= 15 is 0 Å². The average Bonchev–Trinajstić information content (AvgIpc) is 2.66. The van der Waals surface area contributed by atoms with Crippen molar-refractivity contribution in [2.45, 2.75) is 6.92 Å². The third kappa shape index (κ3) is 5.73. The molecule has 2 N–H and O–H groups in total. The molecule has 2 aromatic rings. The van der Waals surface area contributed by atoms with E-state index in [2.05, 4.69) is 10.6 Å². The molecular weight excluding hydrogens is 362 g/mol. The van der Waals surface area contributed by atoms with Crippen LogP contribution in [0.5, 0.6) is 5.75 Å². The van der Waals surface area contributed by atoms with Crippen molar-refractivity contribution < 1.29 is 23.9 Å². The van der Waals surface area contributed by atoms with Gasteiger partial charge in [0.25, 0.3) is 5.91 Å². The summed E-state index contributed by atoms with van der Waals surface area (Å²) < 4.78 is 10.2. The molecule has 0 saturated carbocycles. The minimum Gasteiger partial charge on any atom is -0.495 e. The van der Waals surface area contributed by atoms with E-state index in [1.165, 1.54) is 14.0 Å². The van der Waals surface area contributed by atoms with Crippen LogP contribution in [-0.2, 0) is 14.3 Å². The van der Waals surface area contributed by atoms with Crippen LogP contribution in [-0.4, -0.2) is 45.6 Å². The minimum atomic E-state index is -0.598. The topological polar surface area (TPSA) is 97.0 Å². The number of esters is 1. The molecule has 0 aromatic heterocycles. The maximum absolute atomic E-state index is 12.2. The summed E-state index contributed by atoms with van der Waals surface area (Å²) in [5, 5.41) is 5.23. The lowest BCUT2D eigenvalue weighted by molar-refractivity contribution is -0.119. The first-order valence-electron chi connectivity index (χ1n) is 8.50. The van der Waals surface area contributed by atoms with Gasteiger partial charge in [0.1, 0.15) is 5.75 Å². The fourth-order valence-electron chi connectivity index (χ4n) is 2.38. The molecule has 0 heterocycles. The first kappa shape index (κ1) is 20.8. The van der Waals surface area contributed by atoms with Gasteiger partial charge in [-0.2, -0.15) is 0 Å². The minimum absolute atomic E-state index is 0.239. The molecule has 148 valence electrons. The van der Waals surface area contributed by atoms with Gasteiger partial charge in [0.2, 0.25) is 5.91 Å². The highest BCUT2D eigenvalue weighted by atomic mass is 16.5. The second kappa shape index (κ2) is 9.40. The molecular formula is C20H23N3O5. The van der Waals surface area contributed by atoms with Gasteiger partial charge in [-0.25, -0.2) is 4.79 Å². The van der Waals surface area contributed by atoms with Gasteiger partial charge in [0.15, 0.2) is 6.61 Å². The fraction of sp³-hybridized carbons (Fsp3) is 0.250. The van der Waals surface area contributed by atoms with E-state index in [-0.39, 0.29) is 5.91 Å². The Kier molecular flexibility index (Phi) is 6.97. The standard InChI is InChI=1S/C20H23N3O5/c1-13(24)21-15-7-10-18(27-4)17(11-15)22-19(25)12-28-20(26)14-5-8-16(9-6-14)23(2)3/h5-11H,12H2,1-4H3,(H,21,24)(H,22,25). The number of nitrogens with one attached hydrogen (secondary N) is 2. The molecule has 8 nitrogen and oxygen atoms in total. The molecule has 0 saturated heterocycles. The lowest BCUT2D eigenvalue weighted by Crippen LogP contribution is -2.21. The SMILES string of the molecule is COc1ccc(NC(C)=O)cc1NC(=O)COC(=O)c1ccc(N(C)C)cc1. The number of rotatable bonds is 7. The van der Waals surface area contributed by atoms with Crippen molar-refractivity contribution in [3.8, 4) is 5.75 Å². The maximum atomic E-state index is 12.2. The molecule has 0 unspecified atom stereocenters. The van der Waals surface area contributed by atoms with E-state index in [1.807, 2.05) is 19.0 Å². The van der Waals surface area contributed by atoms with Crippen LogP contribution in [0.2, 0.25) is 0 Å². The van der Waals surface area contributed by atoms with E-state index in [9.17, 15) is 14.4 Å². The first-order valence-corrected chi connectivity index (χ1v) is 8.50. The molecule has 0 aliphatic carbocycles. The number of methoxy groups -OCH3 is 1. The molecule has 28 heavy (non-hydrogen) atoms. The Bertz CT molecular complexity index is 863. The fourth-order valence-corrected chi connectivity index (χ4v) is 2.38. The van der Waals surface area contributed by atoms with Crippen molar-refractivity contribution in [2.24, 2.45) is 0 Å². The van der Waals surface area contributed by atoms with Crippen LogP contribution in [0.25, 0.3) is 0 Å². The highest BCUT2D eigenvalue weighted by Gasteiger charge is 2.13. The van der Waals surface area contributed by atoms with Gasteiger partial charge < -0.3 is 25.0 Å². The Labute approximate surface area is 163 Å². The number of carbonyl (C=O) groups is 3. The van der Waals surface area contributed by atoms with Crippen molar-refractivity contribution in [2.75, 3.05) is 43.3 Å². The van der Waals surface area contributed by atoms with Crippen LogP contribution in [0.1, 0.15) is 17.3 Å². The van der Waals surface area contributed by atoms with Crippen LogP contribution in [0.3, 0.4) is 0 Å². The number of ether oxygens (including phenoxy) is 2. The molecule has 2 aromatic carbocycles. The number of amides is 2. The van der Waals surface area contributed by atoms with Crippen molar-refractivity contribution in [3.05, 3.63) is 48.0 Å². The largest absolute Gasteiger partial charge is 0.495 e. The molecule has 0 aliphatic heterocycles. The zero-order chi connectivity index (χ0) is 20.7. The Morgan fingerprint density at radius 1 is 1.00 bits per heavy atom. The van der Waals surface area contributed by atoms with Gasteiger partial charge in [-0.1, -0.05) is 0 Å². The summed E-state index contributed by atoms with van der Waals surface area (Å²) >= 11 is 0. The number of anilines is 3. The van der Waals surface area contributed by atoms with Crippen molar-refractivity contribution in [1.82, 2.24) is 0 Å². The highest BCUT2D eigenvalue weighted by Crippen LogP contribution is 2.27. The van der Waals surface area contributed by atoms with Crippen LogP contribution < -0.4 is 20.3 Å². The predicted octanol–water partition coefficient (Wildman–Crippen LogP) is 2.52. The van der Waals surface area contributed by atoms with Gasteiger partial charge in [-0.3, -0.25) is 9.59 Å². The maximum Gasteiger partial charge on any atom is 0.338 e.